The summed E-state index contributed by atoms with van der Waals surface area (Å²) >= 11 is 0. The number of likely N-dealkylation sites (tertiary alicyclic amines) is 1. The summed E-state index contributed by atoms with van der Waals surface area (Å²) in [5, 5.41) is 3.17. The quantitative estimate of drug-likeness (QED) is 0.729. The van der Waals surface area contributed by atoms with Crippen molar-refractivity contribution in [1.29, 1.82) is 0 Å². The number of hydrogen-bond donors (Lipinski definition) is 1. The minimum absolute atomic E-state index is 0.136. The average Bonchev–Trinajstić information content (AvgIpc) is 2.50. The molecule has 0 aromatic rings. The second-order valence-electron chi connectivity index (χ2n) is 7.96. The molecule has 2 aliphatic rings. The van der Waals surface area contributed by atoms with Crippen molar-refractivity contribution < 1.29 is 4.79 Å². The van der Waals surface area contributed by atoms with E-state index in [1.807, 2.05) is 0 Å². The molecule has 5 nitrogen and oxygen atoms in total. The highest BCUT2D eigenvalue weighted by Gasteiger charge is 2.48. The van der Waals surface area contributed by atoms with E-state index in [1.165, 1.54) is 58.3 Å². The van der Waals surface area contributed by atoms with Gasteiger partial charge in [0.15, 0.2) is 0 Å². The normalized spacial score (nSPS) is 24.2. The van der Waals surface area contributed by atoms with Gasteiger partial charge in [-0.2, -0.15) is 0 Å². The Balaban J connectivity index is 1.61. The predicted octanol–water partition coefficient (Wildman–Crippen LogP) is 1.25. The molecule has 0 bridgehead atoms. The maximum absolute atomic E-state index is 11.3. The Bertz CT molecular complexity index is 377. The van der Waals surface area contributed by atoms with Crippen LogP contribution in [0.2, 0.25) is 0 Å². The summed E-state index contributed by atoms with van der Waals surface area (Å²) in [6.07, 6.45) is 6.25. The van der Waals surface area contributed by atoms with Crippen molar-refractivity contribution >= 4 is 5.91 Å². The first kappa shape index (κ1) is 18.7. The lowest BCUT2D eigenvalue weighted by molar-refractivity contribution is -0.123. The molecule has 1 spiro atoms. The molecule has 1 heterocycles. The van der Waals surface area contributed by atoms with E-state index in [0.717, 1.165) is 13.1 Å². The molecule has 1 saturated heterocycles. The molecule has 1 N–H and O–H groups in total. The van der Waals surface area contributed by atoms with Gasteiger partial charge in [-0.05, 0) is 84.8 Å². The summed E-state index contributed by atoms with van der Waals surface area (Å²) in [6.45, 7) is 8.74. The van der Waals surface area contributed by atoms with Gasteiger partial charge in [-0.25, -0.2) is 0 Å². The zero-order chi connectivity index (χ0) is 16.9. The largest absolute Gasteiger partial charge is 0.353 e. The molecular formula is C18H36N4O. The van der Waals surface area contributed by atoms with Gasteiger partial charge in [-0.1, -0.05) is 0 Å². The van der Waals surface area contributed by atoms with Gasteiger partial charge in [-0.3, -0.25) is 4.79 Å². The third kappa shape index (κ3) is 5.44. The summed E-state index contributed by atoms with van der Waals surface area (Å²) in [7, 11) is 6.49. The molecular weight excluding hydrogens is 288 g/mol. The lowest BCUT2D eigenvalue weighted by Crippen LogP contribution is -2.58. The summed E-state index contributed by atoms with van der Waals surface area (Å²) in [5.41, 5.74) is 0.421. The first-order valence-electron chi connectivity index (χ1n) is 9.24. The molecule has 5 heteroatoms. The molecule has 23 heavy (non-hydrogen) atoms. The first-order chi connectivity index (χ1) is 10.9. The van der Waals surface area contributed by atoms with Gasteiger partial charge < -0.3 is 20.0 Å². The van der Waals surface area contributed by atoms with Gasteiger partial charge in [0.05, 0.1) is 0 Å². The molecule has 0 aromatic carbocycles. The first-order valence-corrected chi connectivity index (χ1v) is 9.24. The minimum atomic E-state index is 0.136. The summed E-state index contributed by atoms with van der Waals surface area (Å²) < 4.78 is 0. The van der Waals surface area contributed by atoms with Crippen LogP contribution in [-0.2, 0) is 4.79 Å². The van der Waals surface area contributed by atoms with Crippen molar-refractivity contribution in [2.24, 2.45) is 5.41 Å². The Kier molecular flexibility index (Phi) is 6.86. The fourth-order valence-electron chi connectivity index (χ4n) is 4.03. The van der Waals surface area contributed by atoms with Crippen LogP contribution >= 0.6 is 0 Å². The van der Waals surface area contributed by atoms with E-state index in [1.54, 1.807) is 6.92 Å². The molecule has 134 valence electrons. The molecule has 1 saturated carbocycles. The van der Waals surface area contributed by atoms with Gasteiger partial charge >= 0.3 is 0 Å². The van der Waals surface area contributed by atoms with Gasteiger partial charge in [0.1, 0.15) is 0 Å². The summed E-state index contributed by atoms with van der Waals surface area (Å²) in [4.78, 5) is 18.6. The standard InChI is InChI=1S/C18H36N4O/c1-16(23)19-17-6-7-18(17)8-12-22(13-9-18)11-5-10-21(4)15-14-20(2)3/h17H,5-15H2,1-4H3,(H,19,23). The van der Waals surface area contributed by atoms with E-state index in [0.29, 0.717) is 11.5 Å². The average molecular weight is 325 g/mol. The zero-order valence-corrected chi connectivity index (χ0v) is 15.6. The number of carbonyl (C=O) groups excluding carboxylic acids is 1. The van der Waals surface area contributed by atoms with Crippen molar-refractivity contribution in [2.45, 2.75) is 45.1 Å². The Morgan fingerprint density at radius 1 is 1.13 bits per heavy atom. The van der Waals surface area contributed by atoms with Gasteiger partial charge in [0.25, 0.3) is 0 Å². The highest BCUT2D eigenvalue weighted by atomic mass is 16.1. The molecule has 1 amide bonds. The van der Waals surface area contributed by atoms with Crippen LogP contribution in [0, 0.1) is 5.41 Å². The monoisotopic (exact) mass is 324 g/mol. The lowest BCUT2D eigenvalue weighted by Gasteiger charge is -2.54. The molecule has 1 aliphatic heterocycles. The number of piperidine rings is 1. The molecule has 1 atom stereocenters. The third-order valence-corrected chi connectivity index (χ3v) is 5.84. The third-order valence-electron chi connectivity index (χ3n) is 5.84. The SMILES string of the molecule is CC(=O)NC1CCC12CCN(CCCN(C)CCN(C)C)CC2. The summed E-state index contributed by atoms with van der Waals surface area (Å²) in [6, 6.07) is 0.444. The second-order valence-corrected chi connectivity index (χ2v) is 7.96. The van der Waals surface area contributed by atoms with Crippen LogP contribution in [-0.4, -0.2) is 87.1 Å². The Morgan fingerprint density at radius 3 is 2.35 bits per heavy atom. The highest BCUT2D eigenvalue weighted by molar-refractivity contribution is 5.73. The van der Waals surface area contributed by atoms with Crippen molar-refractivity contribution in [3.05, 3.63) is 0 Å². The van der Waals surface area contributed by atoms with E-state index in [4.69, 9.17) is 0 Å². The van der Waals surface area contributed by atoms with Crippen LogP contribution in [0.4, 0.5) is 0 Å². The van der Waals surface area contributed by atoms with Crippen molar-refractivity contribution in [3.8, 4) is 0 Å². The molecule has 2 rings (SSSR count). The predicted molar refractivity (Wildman–Crippen MR) is 95.6 cm³/mol. The smallest absolute Gasteiger partial charge is 0.217 e. The number of rotatable bonds is 8. The Labute approximate surface area is 142 Å². The van der Waals surface area contributed by atoms with Crippen LogP contribution in [0.3, 0.4) is 0 Å². The van der Waals surface area contributed by atoms with Gasteiger partial charge in [0.2, 0.25) is 5.91 Å². The minimum Gasteiger partial charge on any atom is -0.353 e. The van der Waals surface area contributed by atoms with E-state index in [9.17, 15) is 4.79 Å². The molecule has 1 unspecified atom stereocenters. The van der Waals surface area contributed by atoms with Crippen LogP contribution in [0.25, 0.3) is 0 Å². The van der Waals surface area contributed by atoms with E-state index in [-0.39, 0.29) is 5.91 Å². The van der Waals surface area contributed by atoms with Crippen LogP contribution in [0.1, 0.15) is 39.0 Å². The van der Waals surface area contributed by atoms with Gasteiger partial charge in [0, 0.05) is 26.1 Å². The number of hydrogen-bond acceptors (Lipinski definition) is 4. The van der Waals surface area contributed by atoms with Crippen LogP contribution < -0.4 is 5.32 Å². The lowest BCUT2D eigenvalue weighted by atomic mass is 9.59. The van der Waals surface area contributed by atoms with Crippen molar-refractivity contribution in [3.63, 3.8) is 0 Å². The Morgan fingerprint density at radius 2 is 1.83 bits per heavy atom. The fraction of sp³-hybridized carbons (Fsp3) is 0.944. The van der Waals surface area contributed by atoms with Crippen molar-refractivity contribution in [1.82, 2.24) is 20.0 Å². The zero-order valence-electron chi connectivity index (χ0n) is 15.6. The number of likely N-dealkylation sites (N-methyl/N-ethyl adjacent to an activating group) is 2. The number of nitrogens with zero attached hydrogens (tertiary/aromatic N) is 3. The highest BCUT2D eigenvalue weighted by Crippen LogP contribution is 2.49. The molecule has 1 aliphatic carbocycles. The second kappa shape index (κ2) is 8.45. The van der Waals surface area contributed by atoms with E-state index < -0.39 is 0 Å². The Hall–Kier alpha value is -0.650. The molecule has 2 fully saturated rings. The number of carbonyl (C=O) groups is 1. The van der Waals surface area contributed by atoms with Crippen molar-refractivity contribution in [2.75, 3.05) is 60.4 Å². The van der Waals surface area contributed by atoms with Crippen LogP contribution in [0.15, 0.2) is 0 Å². The number of nitrogens with one attached hydrogen (secondary N) is 1. The molecule has 0 aromatic heterocycles. The topological polar surface area (TPSA) is 38.8 Å². The maximum atomic E-state index is 11.3. The maximum Gasteiger partial charge on any atom is 0.217 e. The van der Waals surface area contributed by atoms with Gasteiger partial charge in [-0.15, -0.1) is 0 Å². The summed E-state index contributed by atoms with van der Waals surface area (Å²) in [5.74, 6) is 0.136. The van der Waals surface area contributed by atoms with E-state index >= 15 is 0 Å². The number of amides is 1. The van der Waals surface area contributed by atoms with E-state index in [2.05, 4.69) is 41.2 Å². The fourth-order valence-corrected chi connectivity index (χ4v) is 4.03. The molecule has 0 radical (unpaired) electrons. The van der Waals surface area contributed by atoms with Crippen LogP contribution in [0.5, 0.6) is 0 Å².